The van der Waals surface area contributed by atoms with Crippen LogP contribution in [0.3, 0.4) is 0 Å². The van der Waals surface area contributed by atoms with Crippen molar-refractivity contribution in [3.63, 3.8) is 0 Å². The minimum atomic E-state index is 0.0839. The fourth-order valence-electron chi connectivity index (χ4n) is 1.07. The van der Waals surface area contributed by atoms with Crippen LogP contribution in [0.15, 0.2) is 0 Å². The SMILES string of the molecule is CC1C[C@H](I)[C@@H](CO)O1. The number of hydrogen-bond donors (Lipinski definition) is 1. The van der Waals surface area contributed by atoms with Gasteiger partial charge < -0.3 is 9.84 Å². The van der Waals surface area contributed by atoms with Crippen LogP contribution >= 0.6 is 22.6 Å². The van der Waals surface area contributed by atoms with Gasteiger partial charge in [-0.2, -0.15) is 0 Å². The summed E-state index contributed by atoms with van der Waals surface area (Å²) in [5, 5.41) is 8.72. The number of rotatable bonds is 1. The first-order valence-electron chi connectivity index (χ1n) is 3.14. The standard InChI is InChI=1S/C6H11IO2/c1-4-2-5(7)6(3-8)9-4/h4-6,8H,2-3H2,1H3/t4?,5-,6+/m0/s1. The van der Waals surface area contributed by atoms with E-state index in [0.717, 1.165) is 6.42 Å². The molecule has 1 aliphatic heterocycles. The number of alkyl halides is 1. The van der Waals surface area contributed by atoms with Crippen molar-refractivity contribution in [1.82, 2.24) is 0 Å². The molecule has 1 N–H and O–H groups in total. The van der Waals surface area contributed by atoms with Crippen LogP contribution in [-0.4, -0.2) is 27.8 Å². The van der Waals surface area contributed by atoms with E-state index in [1.807, 2.05) is 6.92 Å². The zero-order valence-electron chi connectivity index (χ0n) is 5.38. The molecular weight excluding hydrogens is 231 g/mol. The molecule has 0 bridgehead atoms. The molecule has 0 aliphatic carbocycles. The molecule has 1 aliphatic rings. The van der Waals surface area contributed by atoms with Gasteiger partial charge in [0.15, 0.2) is 0 Å². The predicted molar refractivity (Wildman–Crippen MR) is 43.8 cm³/mol. The average Bonchev–Trinajstić information content (AvgIpc) is 2.10. The number of halogens is 1. The summed E-state index contributed by atoms with van der Waals surface area (Å²) in [5.74, 6) is 0. The molecule has 1 heterocycles. The number of aliphatic hydroxyl groups is 1. The maximum atomic E-state index is 8.72. The minimum Gasteiger partial charge on any atom is -0.394 e. The topological polar surface area (TPSA) is 29.5 Å². The normalized spacial score (nSPS) is 43.7. The Kier molecular flexibility index (Phi) is 2.73. The van der Waals surface area contributed by atoms with Crippen molar-refractivity contribution in [3.05, 3.63) is 0 Å². The molecule has 0 aromatic rings. The van der Waals surface area contributed by atoms with Crippen LogP contribution in [0.5, 0.6) is 0 Å². The van der Waals surface area contributed by atoms with Crippen LogP contribution < -0.4 is 0 Å². The van der Waals surface area contributed by atoms with Gasteiger partial charge in [0.25, 0.3) is 0 Å². The largest absolute Gasteiger partial charge is 0.394 e. The van der Waals surface area contributed by atoms with Gasteiger partial charge in [0, 0.05) is 3.92 Å². The van der Waals surface area contributed by atoms with E-state index in [2.05, 4.69) is 22.6 Å². The van der Waals surface area contributed by atoms with E-state index in [0.29, 0.717) is 10.0 Å². The first kappa shape index (κ1) is 7.75. The molecule has 9 heavy (non-hydrogen) atoms. The highest BCUT2D eigenvalue weighted by atomic mass is 127. The summed E-state index contributed by atoms with van der Waals surface area (Å²) >= 11 is 2.32. The van der Waals surface area contributed by atoms with Crippen LogP contribution in [0.4, 0.5) is 0 Å². The first-order valence-corrected chi connectivity index (χ1v) is 4.39. The summed E-state index contributed by atoms with van der Waals surface area (Å²) in [5.41, 5.74) is 0. The van der Waals surface area contributed by atoms with Crippen LogP contribution in [0.25, 0.3) is 0 Å². The van der Waals surface area contributed by atoms with Gasteiger partial charge >= 0.3 is 0 Å². The molecule has 0 radical (unpaired) electrons. The van der Waals surface area contributed by atoms with Crippen LogP contribution in [0.1, 0.15) is 13.3 Å². The minimum absolute atomic E-state index is 0.0839. The molecule has 0 aromatic heterocycles. The van der Waals surface area contributed by atoms with Crippen molar-refractivity contribution in [3.8, 4) is 0 Å². The molecule has 3 atom stereocenters. The molecule has 1 fully saturated rings. The Morgan fingerprint density at radius 3 is 2.67 bits per heavy atom. The summed E-state index contributed by atoms with van der Waals surface area (Å²) in [4.78, 5) is 0. The first-order chi connectivity index (χ1) is 4.24. The average molecular weight is 242 g/mol. The predicted octanol–water partition coefficient (Wildman–Crippen LogP) is 0.960. The maximum Gasteiger partial charge on any atom is 0.0927 e. The third kappa shape index (κ3) is 1.78. The monoisotopic (exact) mass is 242 g/mol. The van der Waals surface area contributed by atoms with E-state index in [9.17, 15) is 0 Å². The molecule has 1 saturated heterocycles. The van der Waals surface area contributed by atoms with Crippen molar-refractivity contribution in [1.29, 1.82) is 0 Å². The van der Waals surface area contributed by atoms with E-state index in [1.54, 1.807) is 0 Å². The molecule has 1 rings (SSSR count). The number of ether oxygens (including phenoxy) is 1. The van der Waals surface area contributed by atoms with Crippen LogP contribution in [-0.2, 0) is 4.74 Å². The fourth-order valence-corrected chi connectivity index (χ4v) is 2.18. The van der Waals surface area contributed by atoms with Crippen LogP contribution in [0, 0.1) is 0 Å². The van der Waals surface area contributed by atoms with E-state index >= 15 is 0 Å². The summed E-state index contributed by atoms with van der Waals surface area (Å²) < 4.78 is 5.87. The third-order valence-electron chi connectivity index (χ3n) is 1.55. The number of aliphatic hydroxyl groups excluding tert-OH is 1. The second-order valence-electron chi connectivity index (χ2n) is 2.42. The second-order valence-corrected chi connectivity index (χ2v) is 4.02. The Labute approximate surface area is 68.7 Å². The highest BCUT2D eigenvalue weighted by Gasteiger charge is 2.29. The molecule has 54 valence electrons. The van der Waals surface area contributed by atoms with Gasteiger partial charge in [-0.1, -0.05) is 22.6 Å². The van der Waals surface area contributed by atoms with Crippen molar-refractivity contribution < 1.29 is 9.84 Å². The number of hydrogen-bond acceptors (Lipinski definition) is 2. The highest BCUT2D eigenvalue weighted by molar-refractivity contribution is 14.1. The zero-order valence-corrected chi connectivity index (χ0v) is 7.54. The van der Waals surface area contributed by atoms with Gasteiger partial charge in [0.1, 0.15) is 0 Å². The zero-order chi connectivity index (χ0) is 6.85. The molecule has 0 spiro atoms. The summed E-state index contributed by atoms with van der Waals surface area (Å²) in [6.45, 7) is 2.21. The molecule has 1 unspecified atom stereocenters. The van der Waals surface area contributed by atoms with Crippen molar-refractivity contribution in [2.45, 2.75) is 29.5 Å². The lowest BCUT2D eigenvalue weighted by molar-refractivity contribution is 0.0222. The molecular formula is C6H11IO2. The quantitative estimate of drug-likeness (QED) is 0.548. The maximum absolute atomic E-state index is 8.72. The Balaban J connectivity index is 2.38. The fraction of sp³-hybridized carbons (Fsp3) is 1.00. The molecule has 2 nitrogen and oxygen atoms in total. The van der Waals surface area contributed by atoms with Gasteiger partial charge in [-0.3, -0.25) is 0 Å². The van der Waals surface area contributed by atoms with Gasteiger partial charge in [-0.15, -0.1) is 0 Å². The summed E-state index contributed by atoms with van der Waals surface area (Å²) in [7, 11) is 0. The van der Waals surface area contributed by atoms with Crippen molar-refractivity contribution in [2.75, 3.05) is 6.61 Å². The second kappa shape index (κ2) is 3.16. The van der Waals surface area contributed by atoms with Gasteiger partial charge in [-0.25, -0.2) is 0 Å². The Bertz CT molecular complexity index is 97.1. The van der Waals surface area contributed by atoms with E-state index in [-0.39, 0.29) is 12.7 Å². The van der Waals surface area contributed by atoms with Gasteiger partial charge in [-0.05, 0) is 13.3 Å². The van der Waals surface area contributed by atoms with Crippen LogP contribution in [0.2, 0.25) is 0 Å². The smallest absolute Gasteiger partial charge is 0.0927 e. The van der Waals surface area contributed by atoms with Crippen molar-refractivity contribution >= 4 is 22.6 Å². The van der Waals surface area contributed by atoms with E-state index in [4.69, 9.17) is 9.84 Å². The molecule has 0 saturated carbocycles. The lowest BCUT2D eigenvalue weighted by Gasteiger charge is -2.08. The third-order valence-corrected chi connectivity index (χ3v) is 2.86. The lowest BCUT2D eigenvalue weighted by atomic mass is 10.2. The molecule has 3 heteroatoms. The molecule has 0 amide bonds. The summed E-state index contributed by atoms with van der Waals surface area (Å²) in [6.07, 6.45) is 1.50. The summed E-state index contributed by atoms with van der Waals surface area (Å²) in [6, 6.07) is 0. The Morgan fingerprint density at radius 2 is 2.44 bits per heavy atom. The molecule has 0 aromatic carbocycles. The Morgan fingerprint density at radius 1 is 1.78 bits per heavy atom. The van der Waals surface area contributed by atoms with Gasteiger partial charge in [0.2, 0.25) is 0 Å². The van der Waals surface area contributed by atoms with E-state index in [1.165, 1.54) is 0 Å². The Hall–Kier alpha value is 0.650. The van der Waals surface area contributed by atoms with Crippen molar-refractivity contribution in [2.24, 2.45) is 0 Å². The van der Waals surface area contributed by atoms with E-state index < -0.39 is 0 Å². The lowest BCUT2D eigenvalue weighted by Crippen LogP contribution is -2.19. The van der Waals surface area contributed by atoms with Gasteiger partial charge in [0.05, 0.1) is 18.8 Å². The highest BCUT2D eigenvalue weighted by Crippen LogP contribution is 2.25.